The molecule has 3 atom stereocenters. The Kier molecular flexibility index (Phi) is 6.81. The first-order valence-corrected chi connectivity index (χ1v) is 24.2. The lowest BCUT2D eigenvalue weighted by molar-refractivity contribution is 0.0650. The number of hydrogen-bond donors (Lipinski definition) is 1. The van der Waals surface area contributed by atoms with E-state index in [2.05, 4.69) is 122 Å². The number of benzene rings is 11. The maximum Gasteiger partial charge on any atom is 0.261 e. The van der Waals surface area contributed by atoms with Crippen LogP contribution in [0, 0.1) is 58.8 Å². The number of hydrogen-bond acceptors (Lipinski definition) is 4. The normalized spacial score (nSPS) is 19.1. The van der Waals surface area contributed by atoms with E-state index in [4.69, 9.17) is 0 Å². The van der Waals surface area contributed by atoms with E-state index in [0.29, 0.717) is 34.9 Å². The van der Waals surface area contributed by atoms with Crippen molar-refractivity contribution < 1.29 is 14.4 Å². The summed E-state index contributed by atoms with van der Waals surface area (Å²) in [6.45, 7) is 17.7. The van der Waals surface area contributed by atoms with Gasteiger partial charge in [0.05, 0.1) is 0 Å². The van der Waals surface area contributed by atoms with Crippen LogP contribution in [0.1, 0.15) is 95.3 Å². The first kappa shape index (κ1) is 38.6. The van der Waals surface area contributed by atoms with Crippen LogP contribution in [0.4, 0.5) is 0 Å². The number of nitrogens with one attached hydrogen (secondary N) is 1. The molecule has 2 aliphatic carbocycles. The molecular formula is C62H47N3O3. The van der Waals surface area contributed by atoms with Gasteiger partial charge in [-0.3, -0.25) is 29.6 Å². The molecule has 0 bridgehead atoms. The number of fused-ring (bicyclic) bond motifs is 16. The number of imide groups is 1. The highest BCUT2D eigenvalue weighted by Gasteiger charge is 2.43. The van der Waals surface area contributed by atoms with Gasteiger partial charge < -0.3 is 0 Å². The molecule has 0 saturated heterocycles. The Bertz CT molecular complexity index is 4630. The highest BCUT2D eigenvalue weighted by molar-refractivity contribution is 6.53. The third-order valence-electron chi connectivity index (χ3n) is 18.0. The average molecular weight is 882 g/mol. The Morgan fingerprint density at radius 3 is 1.37 bits per heavy atom. The molecule has 0 spiro atoms. The molecule has 0 saturated carbocycles. The van der Waals surface area contributed by atoms with E-state index in [1.165, 1.54) is 65.1 Å². The predicted molar refractivity (Wildman–Crippen MR) is 281 cm³/mol. The van der Waals surface area contributed by atoms with Crippen molar-refractivity contribution >= 4 is 143 Å². The maximum absolute atomic E-state index is 15.0. The number of likely N-dealkylation sites (N-methyl/N-ethyl adjacent to an activating group) is 1. The average Bonchev–Trinajstić information content (AvgIpc) is 3.32. The summed E-state index contributed by atoms with van der Waals surface area (Å²) >= 11 is 0. The van der Waals surface area contributed by atoms with Gasteiger partial charge in [0.15, 0.2) is 0 Å². The van der Waals surface area contributed by atoms with Gasteiger partial charge in [0.2, 0.25) is 0 Å². The Balaban J connectivity index is 1.38. The topological polar surface area (TPSA) is 81.5 Å². The molecule has 0 radical (unpaired) electrons. The number of rotatable bonds is 0. The second-order valence-electron chi connectivity index (χ2n) is 21.4. The number of carbonyl (C=O) groups excluding carboxylic acids is 3. The van der Waals surface area contributed by atoms with Gasteiger partial charge in [0.25, 0.3) is 17.7 Å². The number of amides is 3. The quantitative estimate of drug-likeness (QED) is 0.0936. The van der Waals surface area contributed by atoms with Gasteiger partial charge in [-0.05, 0) is 230 Å². The summed E-state index contributed by atoms with van der Waals surface area (Å²) in [7, 11) is 3.40. The molecule has 6 nitrogen and oxygen atoms in total. The standard InChI is InChI=1S/C62H47N3O3/c1-23-11-31-32-12-24(2)28(6)16-36(32)48-41-21-45-52-46(62(68)65(10)61(45)67)22-42-50-38-18-30(8)26(4)14-34(38)33-13-25(3)29(7)17-37(33)49(50)40-20-44-51-43(59(63)64(9)60(44)66)19-39(47(48)35(31)15-27(23)5)53-55(41)58(52)56(42)54(40)57(51)53/h11-18,20-23,27,43,63H,19H2,1-10H3. The van der Waals surface area contributed by atoms with Crippen LogP contribution >= 0.6 is 0 Å². The van der Waals surface area contributed by atoms with Crippen molar-refractivity contribution in [3.63, 3.8) is 0 Å². The van der Waals surface area contributed by atoms with Gasteiger partial charge in [0.1, 0.15) is 5.84 Å². The van der Waals surface area contributed by atoms with E-state index >= 15 is 4.79 Å². The molecule has 2 heterocycles. The van der Waals surface area contributed by atoms with Crippen LogP contribution in [0.15, 0.2) is 54.6 Å². The molecule has 0 fully saturated rings. The van der Waals surface area contributed by atoms with E-state index in [9.17, 15) is 15.0 Å². The van der Waals surface area contributed by atoms with E-state index in [-0.39, 0.29) is 29.6 Å². The Hall–Kier alpha value is -7.44. The first-order valence-electron chi connectivity index (χ1n) is 24.2. The van der Waals surface area contributed by atoms with Crippen LogP contribution in [0.5, 0.6) is 0 Å². The Labute approximate surface area is 391 Å². The van der Waals surface area contributed by atoms with Crippen LogP contribution in [0.3, 0.4) is 0 Å². The fourth-order valence-electron chi connectivity index (χ4n) is 14.0. The van der Waals surface area contributed by atoms with Gasteiger partial charge >= 0.3 is 0 Å². The first-order chi connectivity index (χ1) is 32.5. The molecule has 6 heteroatoms. The molecule has 4 aliphatic rings. The second-order valence-corrected chi connectivity index (χ2v) is 21.4. The predicted octanol–water partition coefficient (Wildman–Crippen LogP) is 12.7. The number of nitrogens with zero attached hydrogens (tertiary/aromatic N) is 2. The monoisotopic (exact) mass is 881 g/mol. The third-order valence-corrected chi connectivity index (χ3v) is 18.0. The van der Waals surface area contributed by atoms with Crippen molar-refractivity contribution in [1.82, 2.24) is 9.80 Å². The molecule has 68 heavy (non-hydrogen) atoms. The minimum Gasteiger partial charge on any atom is -0.299 e. The van der Waals surface area contributed by atoms with E-state index in [1.807, 2.05) is 0 Å². The third kappa shape index (κ3) is 4.14. The van der Waals surface area contributed by atoms with E-state index < -0.39 is 0 Å². The molecule has 328 valence electrons. The summed E-state index contributed by atoms with van der Waals surface area (Å²) in [6, 6.07) is 20.4. The summed E-state index contributed by atoms with van der Waals surface area (Å²) in [5.41, 5.74) is 11.1. The summed E-state index contributed by atoms with van der Waals surface area (Å²) in [6.07, 6.45) is 5.49. The summed E-state index contributed by atoms with van der Waals surface area (Å²) in [4.78, 5) is 47.8. The summed E-state index contributed by atoms with van der Waals surface area (Å²) in [5.74, 6) is -0.205. The number of carbonyl (C=O) groups is 3. The van der Waals surface area contributed by atoms with Gasteiger partial charge in [-0.2, -0.15) is 0 Å². The zero-order valence-corrected chi connectivity index (χ0v) is 39.9. The summed E-state index contributed by atoms with van der Waals surface area (Å²) in [5, 5.41) is 33.5. The van der Waals surface area contributed by atoms with Gasteiger partial charge in [-0.1, -0.05) is 62.4 Å². The Morgan fingerprint density at radius 1 is 0.412 bits per heavy atom. The van der Waals surface area contributed by atoms with Crippen molar-refractivity contribution in [1.29, 1.82) is 5.41 Å². The molecule has 2 aliphatic heterocycles. The molecule has 3 amide bonds. The van der Waals surface area contributed by atoms with Gasteiger partial charge in [-0.15, -0.1) is 0 Å². The van der Waals surface area contributed by atoms with Crippen LogP contribution in [-0.4, -0.2) is 47.5 Å². The van der Waals surface area contributed by atoms with Crippen LogP contribution in [0.25, 0.3) is 120 Å². The molecule has 15 rings (SSSR count). The largest absolute Gasteiger partial charge is 0.299 e. The van der Waals surface area contributed by atoms with Crippen molar-refractivity contribution in [2.24, 2.45) is 11.8 Å². The molecule has 3 unspecified atom stereocenters. The van der Waals surface area contributed by atoms with Crippen LogP contribution < -0.4 is 10.4 Å². The maximum atomic E-state index is 15.0. The molecule has 11 aromatic carbocycles. The van der Waals surface area contributed by atoms with Gasteiger partial charge in [0, 0.05) is 47.5 Å². The molecular weight excluding hydrogens is 835 g/mol. The zero-order valence-electron chi connectivity index (χ0n) is 39.9. The van der Waals surface area contributed by atoms with Crippen molar-refractivity contribution in [2.45, 2.75) is 67.7 Å². The highest BCUT2D eigenvalue weighted by atomic mass is 16.2. The molecule has 11 aromatic rings. The van der Waals surface area contributed by atoms with Gasteiger partial charge in [-0.25, -0.2) is 0 Å². The van der Waals surface area contributed by atoms with Crippen molar-refractivity contribution in [3.05, 3.63) is 126 Å². The highest BCUT2D eigenvalue weighted by Crippen LogP contribution is 2.59. The molecule has 1 N–H and O–H groups in total. The smallest absolute Gasteiger partial charge is 0.261 e. The lowest BCUT2D eigenvalue weighted by Gasteiger charge is -2.39. The number of aryl methyl sites for hydroxylation is 6. The minimum atomic E-state index is -0.365. The van der Waals surface area contributed by atoms with E-state index in [0.717, 1.165) is 103 Å². The molecule has 0 aromatic heterocycles. The lowest BCUT2D eigenvalue weighted by atomic mass is 9.68. The van der Waals surface area contributed by atoms with Crippen molar-refractivity contribution in [3.8, 4) is 0 Å². The Morgan fingerprint density at radius 2 is 0.824 bits per heavy atom. The fraction of sp³-hybridized carbons (Fsp3) is 0.226. The SMILES string of the molecule is Cc1cc2c3c(c4c5c6c7c8c(cc9c%10c%11cc(C)c(C)cc%11c%11cc(C)c(C)cc%11c%10c%10cc%11c%12c(cc(c4c2cc1C)c6c%12c%10c97)C(=O)N(C)C%11=O)C(=O)N(C)C(=N)C8C5)=CC(C)C(C)C=3. The lowest BCUT2D eigenvalue weighted by Crippen LogP contribution is -2.43. The summed E-state index contributed by atoms with van der Waals surface area (Å²) < 4.78 is 0. The zero-order chi connectivity index (χ0) is 46.7. The number of amidine groups is 1. The van der Waals surface area contributed by atoms with Crippen LogP contribution in [-0.2, 0) is 6.42 Å². The van der Waals surface area contributed by atoms with E-state index in [1.54, 1.807) is 19.0 Å². The minimum absolute atomic E-state index is 0.160. The second kappa shape index (κ2) is 12.0. The van der Waals surface area contributed by atoms with Crippen molar-refractivity contribution in [2.75, 3.05) is 14.1 Å². The fourth-order valence-corrected chi connectivity index (χ4v) is 14.0. The van der Waals surface area contributed by atoms with Crippen LogP contribution in [0.2, 0.25) is 0 Å².